The van der Waals surface area contributed by atoms with Crippen molar-refractivity contribution in [3.63, 3.8) is 0 Å². The van der Waals surface area contributed by atoms with Crippen molar-refractivity contribution in [1.82, 2.24) is 4.90 Å². The first-order chi connectivity index (χ1) is 13.5. The maximum absolute atomic E-state index is 12.7. The van der Waals surface area contributed by atoms with Crippen LogP contribution in [0.2, 0.25) is 0 Å². The van der Waals surface area contributed by atoms with Crippen molar-refractivity contribution in [3.8, 4) is 0 Å². The van der Waals surface area contributed by atoms with Gasteiger partial charge >= 0.3 is 0 Å². The molecule has 1 aliphatic rings. The van der Waals surface area contributed by atoms with E-state index in [1.807, 2.05) is 54.6 Å². The van der Waals surface area contributed by atoms with Gasteiger partial charge in [-0.05, 0) is 43.4 Å². The van der Waals surface area contributed by atoms with E-state index in [4.69, 9.17) is 0 Å². The minimum Gasteiger partial charge on any atom is -0.369 e. The predicted octanol–water partition coefficient (Wildman–Crippen LogP) is 2.45. The number of para-hydroxylation sites is 1. The Morgan fingerprint density at radius 1 is 0.893 bits per heavy atom. The van der Waals surface area contributed by atoms with Gasteiger partial charge in [0.05, 0.1) is 0 Å². The van der Waals surface area contributed by atoms with E-state index in [1.165, 1.54) is 11.8 Å². The summed E-state index contributed by atoms with van der Waals surface area (Å²) in [6, 6.07) is 17.3. The maximum atomic E-state index is 12.7. The fraction of sp³-hybridized carbons (Fsp3) is 0.364. The molecule has 1 heterocycles. The second kappa shape index (κ2) is 8.89. The highest BCUT2D eigenvalue weighted by atomic mass is 16.2. The molecule has 0 spiro atoms. The summed E-state index contributed by atoms with van der Waals surface area (Å²) >= 11 is 0. The van der Waals surface area contributed by atoms with Crippen LogP contribution in [0.4, 0.5) is 17.1 Å². The average molecular weight is 380 g/mol. The van der Waals surface area contributed by atoms with Gasteiger partial charge in [0.1, 0.15) is 6.54 Å². The van der Waals surface area contributed by atoms with Crippen molar-refractivity contribution in [3.05, 3.63) is 54.6 Å². The Hall–Kier alpha value is -2.86. The molecule has 2 aromatic rings. The SMILES string of the molecule is CC(=O)N(CC(=O)N(C)c1ccccc1)c1ccc(N2CCN(C)CC2)cc1. The number of piperazine rings is 1. The Morgan fingerprint density at radius 3 is 2.07 bits per heavy atom. The zero-order chi connectivity index (χ0) is 20.1. The van der Waals surface area contributed by atoms with Crippen LogP contribution in [0.3, 0.4) is 0 Å². The van der Waals surface area contributed by atoms with E-state index < -0.39 is 0 Å². The van der Waals surface area contributed by atoms with Gasteiger partial charge in [-0.1, -0.05) is 18.2 Å². The molecule has 3 rings (SSSR count). The van der Waals surface area contributed by atoms with Gasteiger partial charge in [0.15, 0.2) is 0 Å². The lowest BCUT2D eigenvalue weighted by molar-refractivity contribution is -0.121. The summed E-state index contributed by atoms with van der Waals surface area (Å²) in [7, 11) is 3.86. The number of anilines is 3. The molecule has 0 aromatic heterocycles. The summed E-state index contributed by atoms with van der Waals surface area (Å²) in [4.78, 5) is 32.7. The van der Waals surface area contributed by atoms with Crippen LogP contribution in [-0.2, 0) is 9.59 Å². The summed E-state index contributed by atoms with van der Waals surface area (Å²) in [6.07, 6.45) is 0. The Balaban J connectivity index is 1.70. The number of benzene rings is 2. The van der Waals surface area contributed by atoms with Gasteiger partial charge in [-0.15, -0.1) is 0 Å². The summed E-state index contributed by atoms with van der Waals surface area (Å²) in [5.41, 5.74) is 2.69. The van der Waals surface area contributed by atoms with Crippen LogP contribution in [0.5, 0.6) is 0 Å². The number of amides is 2. The molecule has 28 heavy (non-hydrogen) atoms. The van der Waals surface area contributed by atoms with E-state index in [2.05, 4.69) is 16.8 Å². The zero-order valence-electron chi connectivity index (χ0n) is 16.8. The molecule has 0 aliphatic carbocycles. The molecule has 0 unspecified atom stereocenters. The van der Waals surface area contributed by atoms with Crippen LogP contribution < -0.4 is 14.7 Å². The largest absolute Gasteiger partial charge is 0.369 e. The number of carbonyl (C=O) groups is 2. The Morgan fingerprint density at radius 2 is 1.50 bits per heavy atom. The lowest BCUT2D eigenvalue weighted by atomic mass is 10.2. The highest BCUT2D eigenvalue weighted by Gasteiger charge is 2.20. The van der Waals surface area contributed by atoms with Crippen molar-refractivity contribution in [2.75, 3.05) is 61.5 Å². The van der Waals surface area contributed by atoms with Crippen LogP contribution in [0, 0.1) is 0 Å². The molecule has 6 nitrogen and oxygen atoms in total. The van der Waals surface area contributed by atoms with Crippen LogP contribution in [0.15, 0.2) is 54.6 Å². The minimum absolute atomic E-state index is 0.00852. The molecule has 0 bridgehead atoms. The van der Waals surface area contributed by atoms with E-state index in [0.717, 1.165) is 43.2 Å². The van der Waals surface area contributed by atoms with E-state index in [9.17, 15) is 9.59 Å². The quantitative estimate of drug-likeness (QED) is 0.800. The topological polar surface area (TPSA) is 47.1 Å². The lowest BCUT2D eigenvalue weighted by Crippen LogP contribution is -2.44. The number of likely N-dealkylation sites (N-methyl/N-ethyl adjacent to an activating group) is 2. The molecule has 1 saturated heterocycles. The molecule has 0 saturated carbocycles. The highest BCUT2D eigenvalue weighted by molar-refractivity contribution is 6.02. The second-order valence-electron chi connectivity index (χ2n) is 7.20. The van der Waals surface area contributed by atoms with Crippen LogP contribution in [0.25, 0.3) is 0 Å². The van der Waals surface area contributed by atoms with Crippen molar-refractivity contribution < 1.29 is 9.59 Å². The molecule has 6 heteroatoms. The summed E-state index contributed by atoms with van der Waals surface area (Å²) in [5.74, 6) is -0.285. The molecule has 0 radical (unpaired) electrons. The molecular weight excluding hydrogens is 352 g/mol. The third kappa shape index (κ3) is 4.70. The average Bonchev–Trinajstić information content (AvgIpc) is 2.72. The lowest BCUT2D eigenvalue weighted by Gasteiger charge is -2.34. The van der Waals surface area contributed by atoms with Crippen molar-refractivity contribution in [1.29, 1.82) is 0 Å². The van der Waals surface area contributed by atoms with Gasteiger partial charge in [0.25, 0.3) is 0 Å². The standard InChI is InChI=1S/C22H28N4O2/c1-18(27)26(17-22(28)24(3)19-7-5-4-6-8-19)21-11-9-20(10-12-21)25-15-13-23(2)14-16-25/h4-12H,13-17H2,1-3H3. The van der Waals surface area contributed by atoms with E-state index in [0.29, 0.717) is 0 Å². The molecule has 1 fully saturated rings. The van der Waals surface area contributed by atoms with Gasteiger partial charge in [-0.3, -0.25) is 9.59 Å². The van der Waals surface area contributed by atoms with E-state index in [-0.39, 0.29) is 18.4 Å². The van der Waals surface area contributed by atoms with Crippen molar-refractivity contribution >= 4 is 28.9 Å². The van der Waals surface area contributed by atoms with Crippen LogP contribution in [0.1, 0.15) is 6.92 Å². The Labute approximate surface area is 166 Å². The summed E-state index contributed by atoms with van der Waals surface area (Å²) < 4.78 is 0. The Kier molecular flexibility index (Phi) is 6.31. The molecule has 0 N–H and O–H groups in total. The monoisotopic (exact) mass is 380 g/mol. The molecule has 0 atom stereocenters. The zero-order valence-corrected chi connectivity index (χ0v) is 16.8. The third-order valence-corrected chi connectivity index (χ3v) is 5.22. The molecule has 2 amide bonds. The molecular formula is C22H28N4O2. The van der Waals surface area contributed by atoms with Gasteiger partial charge in [0, 0.05) is 57.2 Å². The first-order valence-corrected chi connectivity index (χ1v) is 9.59. The number of hydrogen-bond donors (Lipinski definition) is 0. The van der Waals surface area contributed by atoms with E-state index in [1.54, 1.807) is 11.9 Å². The fourth-order valence-electron chi connectivity index (χ4n) is 3.33. The highest BCUT2D eigenvalue weighted by Crippen LogP contribution is 2.22. The number of hydrogen-bond acceptors (Lipinski definition) is 4. The molecule has 148 valence electrons. The number of rotatable bonds is 5. The fourth-order valence-corrected chi connectivity index (χ4v) is 3.33. The summed E-state index contributed by atoms with van der Waals surface area (Å²) in [5, 5.41) is 0. The van der Waals surface area contributed by atoms with E-state index >= 15 is 0 Å². The first kappa shape index (κ1) is 19.9. The molecule has 2 aromatic carbocycles. The number of nitrogens with zero attached hydrogens (tertiary/aromatic N) is 4. The van der Waals surface area contributed by atoms with Gasteiger partial charge in [0.2, 0.25) is 11.8 Å². The normalized spacial score (nSPS) is 14.6. The third-order valence-electron chi connectivity index (χ3n) is 5.22. The van der Waals surface area contributed by atoms with Gasteiger partial charge < -0.3 is 19.6 Å². The molecule has 1 aliphatic heterocycles. The van der Waals surface area contributed by atoms with Crippen LogP contribution >= 0.6 is 0 Å². The van der Waals surface area contributed by atoms with Gasteiger partial charge in [-0.2, -0.15) is 0 Å². The summed E-state index contributed by atoms with van der Waals surface area (Å²) in [6.45, 7) is 5.57. The van der Waals surface area contributed by atoms with Gasteiger partial charge in [-0.25, -0.2) is 0 Å². The predicted molar refractivity (Wildman–Crippen MR) is 114 cm³/mol. The first-order valence-electron chi connectivity index (χ1n) is 9.59. The minimum atomic E-state index is -0.151. The maximum Gasteiger partial charge on any atom is 0.246 e. The second-order valence-corrected chi connectivity index (χ2v) is 7.20. The van der Waals surface area contributed by atoms with Crippen molar-refractivity contribution in [2.24, 2.45) is 0 Å². The number of carbonyl (C=O) groups excluding carboxylic acids is 2. The smallest absolute Gasteiger partial charge is 0.246 e. The van der Waals surface area contributed by atoms with Crippen LogP contribution in [-0.4, -0.2) is 63.5 Å². The van der Waals surface area contributed by atoms with Crippen molar-refractivity contribution in [2.45, 2.75) is 6.92 Å². The Bertz CT molecular complexity index is 799.